The van der Waals surface area contributed by atoms with Gasteiger partial charge in [-0.25, -0.2) is 8.42 Å². The molecule has 0 unspecified atom stereocenters. The molecule has 0 N–H and O–H groups in total. The van der Waals surface area contributed by atoms with Gasteiger partial charge in [0.2, 0.25) is 9.84 Å². The van der Waals surface area contributed by atoms with Gasteiger partial charge in [0, 0.05) is 22.3 Å². The largest absolute Gasteiger partial charge is 0.257 e. The first-order chi connectivity index (χ1) is 12.5. The number of nitrogens with zero attached hydrogens (tertiary/aromatic N) is 2. The summed E-state index contributed by atoms with van der Waals surface area (Å²) in [5.41, 5.74) is 5.12. The van der Waals surface area contributed by atoms with Crippen molar-refractivity contribution in [2.24, 2.45) is 9.98 Å². The first kappa shape index (κ1) is 18.1. The van der Waals surface area contributed by atoms with E-state index in [1.165, 1.54) is 0 Å². The highest BCUT2D eigenvalue weighted by atomic mass is 32.2. The summed E-state index contributed by atoms with van der Waals surface area (Å²) in [5, 5.41) is 0. The van der Waals surface area contributed by atoms with E-state index in [-0.39, 0.29) is 10.8 Å². The molecule has 140 valence electrons. The van der Waals surface area contributed by atoms with Crippen molar-refractivity contribution in [3.8, 4) is 0 Å². The Hall–Kier alpha value is -2.27. The Labute approximate surface area is 161 Å². The van der Waals surface area contributed by atoms with Crippen molar-refractivity contribution in [2.45, 2.75) is 62.2 Å². The van der Waals surface area contributed by atoms with Gasteiger partial charge in [0.1, 0.15) is 0 Å². The summed E-state index contributed by atoms with van der Waals surface area (Å²) in [6.45, 7) is 12.3. The first-order valence-electron chi connectivity index (χ1n) is 9.11. The molecule has 2 aromatic rings. The van der Waals surface area contributed by atoms with Crippen LogP contribution in [-0.2, 0) is 20.7 Å². The second-order valence-electron chi connectivity index (χ2n) is 8.51. The van der Waals surface area contributed by atoms with Crippen LogP contribution in [0.3, 0.4) is 0 Å². The first-order valence-corrected chi connectivity index (χ1v) is 10.6. The molecular weight excluding hydrogens is 356 g/mol. The summed E-state index contributed by atoms with van der Waals surface area (Å²) < 4.78 is 26.7. The van der Waals surface area contributed by atoms with Crippen LogP contribution in [0.25, 0.3) is 0 Å². The highest BCUT2D eigenvalue weighted by Gasteiger charge is 2.35. The Morgan fingerprint density at radius 3 is 1.44 bits per heavy atom. The maximum Gasteiger partial charge on any atom is 0.206 e. The number of hydrogen-bond donors (Lipinski definition) is 0. The van der Waals surface area contributed by atoms with E-state index in [4.69, 9.17) is 0 Å². The Balaban J connectivity index is 1.82. The van der Waals surface area contributed by atoms with E-state index in [9.17, 15) is 8.42 Å². The molecular formula is C22H24N2O2S. The van der Waals surface area contributed by atoms with E-state index >= 15 is 0 Å². The van der Waals surface area contributed by atoms with Crippen LogP contribution in [0, 0.1) is 0 Å². The second-order valence-corrected chi connectivity index (χ2v) is 10.5. The zero-order valence-electron chi connectivity index (χ0n) is 16.6. The molecule has 0 spiro atoms. The lowest BCUT2D eigenvalue weighted by atomic mass is 9.82. The van der Waals surface area contributed by atoms with Crippen LogP contribution < -0.4 is 0 Å². The van der Waals surface area contributed by atoms with Gasteiger partial charge in [0.15, 0.2) is 0 Å². The lowest BCUT2D eigenvalue weighted by Crippen LogP contribution is -2.23. The third-order valence-corrected chi connectivity index (χ3v) is 8.04. The van der Waals surface area contributed by atoms with Gasteiger partial charge in [-0.3, -0.25) is 9.98 Å². The van der Waals surface area contributed by atoms with Gasteiger partial charge in [-0.2, -0.15) is 0 Å². The monoisotopic (exact) mass is 380 g/mol. The lowest BCUT2D eigenvalue weighted by molar-refractivity contribution is 0.595. The predicted molar refractivity (Wildman–Crippen MR) is 110 cm³/mol. The zero-order chi connectivity index (χ0) is 19.8. The topological polar surface area (TPSA) is 58.9 Å². The standard InChI is InChI=1S/C22H24N2O2S/c1-13-21(3,4)17-11-15(7-9-19(17)23-13)27(25,26)16-8-10-20-18(12-16)22(5,6)14(2)24-20/h7-12H,1-6H3. The quantitative estimate of drug-likeness (QED) is 0.711. The van der Waals surface area contributed by atoms with E-state index in [1.807, 2.05) is 26.0 Å². The molecule has 5 heteroatoms. The number of benzene rings is 2. The third kappa shape index (κ3) is 2.44. The van der Waals surface area contributed by atoms with Gasteiger partial charge >= 0.3 is 0 Å². The lowest BCUT2D eigenvalue weighted by Gasteiger charge is -2.21. The van der Waals surface area contributed by atoms with E-state index in [0.717, 1.165) is 33.9 Å². The van der Waals surface area contributed by atoms with Crippen molar-refractivity contribution >= 4 is 32.6 Å². The minimum absolute atomic E-state index is 0.258. The van der Waals surface area contributed by atoms with E-state index in [2.05, 4.69) is 37.7 Å². The van der Waals surface area contributed by atoms with Crippen LogP contribution in [0.4, 0.5) is 11.4 Å². The second kappa shape index (κ2) is 5.38. The van der Waals surface area contributed by atoms with Gasteiger partial charge in [0.25, 0.3) is 0 Å². The summed E-state index contributed by atoms with van der Waals surface area (Å²) in [7, 11) is -3.62. The Morgan fingerprint density at radius 1 is 0.704 bits per heavy atom. The van der Waals surface area contributed by atoms with Gasteiger partial charge in [-0.15, -0.1) is 0 Å². The fraction of sp³-hybridized carbons (Fsp3) is 0.364. The zero-order valence-corrected chi connectivity index (χ0v) is 17.4. The molecule has 4 nitrogen and oxygen atoms in total. The maximum absolute atomic E-state index is 13.3. The third-order valence-electron chi connectivity index (χ3n) is 6.29. The molecule has 0 fully saturated rings. The van der Waals surface area contributed by atoms with Gasteiger partial charge < -0.3 is 0 Å². The molecule has 4 rings (SSSR count). The average Bonchev–Trinajstić information content (AvgIpc) is 2.97. The molecule has 2 aliphatic rings. The van der Waals surface area contributed by atoms with Crippen molar-refractivity contribution < 1.29 is 8.42 Å². The maximum atomic E-state index is 13.3. The molecule has 0 aliphatic carbocycles. The van der Waals surface area contributed by atoms with Crippen LogP contribution >= 0.6 is 0 Å². The highest BCUT2D eigenvalue weighted by molar-refractivity contribution is 7.91. The van der Waals surface area contributed by atoms with Crippen molar-refractivity contribution in [3.05, 3.63) is 47.5 Å². The van der Waals surface area contributed by atoms with Crippen LogP contribution in [0.15, 0.2) is 56.2 Å². The van der Waals surface area contributed by atoms with Crippen molar-refractivity contribution in [3.63, 3.8) is 0 Å². The Bertz CT molecular complexity index is 1070. The Kier molecular flexibility index (Phi) is 3.61. The van der Waals surface area contributed by atoms with Crippen LogP contribution in [-0.4, -0.2) is 19.8 Å². The van der Waals surface area contributed by atoms with Crippen molar-refractivity contribution in [1.29, 1.82) is 0 Å². The van der Waals surface area contributed by atoms with Crippen molar-refractivity contribution in [1.82, 2.24) is 0 Å². The molecule has 27 heavy (non-hydrogen) atoms. The van der Waals surface area contributed by atoms with Gasteiger partial charge in [-0.05, 0) is 61.4 Å². The predicted octanol–water partition coefficient (Wildman–Crippen LogP) is 5.29. The van der Waals surface area contributed by atoms with E-state index in [0.29, 0.717) is 9.79 Å². The molecule has 2 heterocycles. The number of aliphatic imine (C=N–C) groups is 2. The average molecular weight is 381 g/mol. The highest BCUT2D eigenvalue weighted by Crippen LogP contribution is 2.43. The molecule has 0 saturated heterocycles. The number of rotatable bonds is 2. The minimum Gasteiger partial charge on any atom is -0.257 e. The summed E-state index contributed by atoms with van der Waals surface area (Å²) in [4.78, 5) is 9.79. The normalized spacial score (nSPS) is 19.3. The number of hydrogen-bond acceptors (Lipinski definition) is 4. The van der Waals surface area contributed by atoms with E-state index in [1.54, 1.807) is 24.3 Å². The molecule has 0 atom stereocenters. The Morgan fingerprint density at radius 2 is 1.07 bits per heavy atom. The molecule has 0 amide bonds. The molecule has 2 aliphatic heterocycles. The fourth-order valence-corrected chi connectivity index (χ4v) is 5.04. The SMILES string of the molecule is CC1=Nc2ccc(S(=O)(=O)c3ccc4c(c3)C(C)(C)C(C)=N4)cc2C1(C)C. The molecule has 2 aromatic carbocycles. The summed E-state index contributed by atoms with van der Waals surface area (Å²) in [6, 6.07) is 10.5. The summed E-state index contributed by atoms with van der Waals surface area (Å²) in [6.07, 6.45) is 0. The molecule has 0 aromatic heterocycles. The van der Waals surface area contributed by atoms with Gasteiger partial charge in [0.05, 0.1) is 21.2 Å². The number of sulfone groups is 1. The summed E-state index contributed by atoms with van der Waals surface area (Å²) >= 11 is 0. The van der Waals surface area contributed by atoms with Crippen molar-refractivity contribution in [2.75, 3.05) is 0 Å². The summed E-state index contributed by atoms with van der Waals surface area (Å²) in [5.74, 6) is 0. The molecule has 0 saturated carbocycles. The number of fused-ring (bicyclic) bond motifs is 2. The smallest absolute Gasteiger partial charge is 0.206 e. The van der Waals surface area contributed by atoms with Gasteiger partial charge in [-0.1, -0.05) is 27.7 Å². The minimum atomic E-state index is -3.62. The van der Waals surface area contributed by atoms with Crippen LogP contribution in [0.1, 0.15) is 52.7 Å². The van der Waals surface area contributed by atoms with Crippen LogP contribution in [0.2, 0.25) is 0 Å². The van der Waals surface area contributed by atoms with Crippen LogP contribution in [0.5, 0.6) is 0 Å². The van der Waals surface area contributed by atoms with E-state index < -0.39 is 9.84 Å². The fourth-order valence-electron chi connectivity index (χ4n) is 3.73. The molecule has 0 bridgehead atoms. The molecule has 0 radical (unpaired) electrons.